The van der Waals surface area contributed by atoms with Crippen LogP contribution >= 0.6 is 0 Å². The third-order valence-corrected chi connectivity index (χ3v) is 7.12. The highest BCUT2D eigenvalue weighted by Gasteiger charge is 2.23. The maximum absolute atomic E-state index is 5.24. The van der Waals surface area contributed by atoms with Gasteiger partial charge in [0.15, 0.2) is 0 Å². The number of aromatic nitrogens is 2. The second-order valence-corrected chi connectivity index (χ2v) is 9.15. The number of para-hydroxylation sites is 2. The molecular weight excluding hydrogens is 426 g/mol. The number of pyridine rings is 2. The molecule has 7 rings (SSSR count). The van der Waals surface area contributed by atoms with Gasteiger partial charge in [-0.25, -0.2) is 4.98 Å². The Labute approximate surface area is 203 Å². The molecule has 3 heterocycles. The lowest BCUT2D eigenvalue weighted by Gasteiger charge is -2.29. The number of hydrogen-bond acceptors (Lipinski definition) is 3. The first-order valence-corrected chi connectivity index (χ1v) is 11.9. The van der Waals surface area contributed by atoms with Crippen molar-refractivity contribution in [1.82, 2.24) is 14.9 Å². The van der Waals surface area contributed by atoms with Crippen LogP contribution in [0.5, 0.6) is 0 Å². The molecule has 35 heavy (non-hydrogen) atoms. The molecule has 0 fully saturated rings. The van der Waals surface area contributed by atoms with Crippen LogP contribution in [0, 0.1) is 0 Å². The number of benzene rings is 4. The molecule has 0 N–H and O–H groups in total. The van der Waals surface area contributed by atoms with E-state index in [1.165, 1.54) is 38.1 Å². The average molecular weight is 450 g/mol. The molecular formula is C32H23N3. The van der Waals surface area contributed by atoms with Crippen molar-refractivity contribution >= 4 is 48.9 Å². The molecule has 0 spiro atoms. The number of fused-ring (bicyclic) bond motifs is 6. The topological polar surface area (TPSA) is 29.0 Å². The lowest BCUT2D eigenvalue weighted by Crippen LogP contribution is -2.21. The largest absolute Gasteiger partial charge is 0.368 e. The highest BCUT2D eigenvalue weighted by Crippen LogP contribution is 2.39. The molecule has 1 aliphatic heterocycles. The van der Waals surface area contributed by atoms with Crippen molar-refractivity contribution in [3.05, 3.63) is 127 Å². The van der Waals surface area contributed by atoms with Gasteiger partial charge in [0.2, 0.25) is 0 Å². The van der Waals surface area contributed by atoms with Crippen molar-refractivity contribution in [1.29, 1.82) is 0 Å². The van der Waals surface area contributed by atoms with Gasteiger partial charge >= 0.3 is 0 Å². The summed E-state index contributed by atoms with van der Waals surface area (Å²) in [4.78, 5) is 12.0. The van der Waals surface area contributed by atoms with Gasteiger partial charge in [-0.1, -0.05) is 72.8 Å². The maximum atomic E-state index is 5.24. The van der Waals surface area contributed by atoms with Gasteiger partial charge in [-0.15, -0.1) is 0 Å². The van der Waals surface area contributed by atoms with E-state index in [0.29, 0.717) is 0 Å². The van der Waals surface area contributed by atoms with Crippen LogP contribution in [-0.2, 0) is 0 Å². The molecule has 0 aliphatic carbocycles. The number of rotatable bonds is 2. The van der Waals surface area contributed by atoms with Crippen molar-refractivity contribution in [2.75, 3.05) is 7.05 Å². The first-order valence-electron chi connectivity index (χ1n) is 11.9. The van der Waals surface area contributed by atoms with Crippen LogP contribution in [-0.4, -0.2) is 21.9 Å². The molecule has 0 amide bonds. The fourth-order valence-electron chi connectivity index (χ4n) is 5.41. The molecule has 3 nitrogen and oxygen atoms in total. The summed E-state index contributed by atoms with van der Waals surface area (Å²) in [6.45, 7) is 0. The SMILES string of the molecule is CN1C=CC(c2ccnc3ccccc23)=CC1c1nc2ccccc2c2c1ccc1ccccc12. The van der Waals surface area contributed by atoms with E-state index >= 15 is 0 Å². The molecule has 166 valence electrons. The summed E-state index contributed by atoms with van der Waals surface area (Å²) in [6.07, 6.45) is 8.60. The molecule has 0 saturated heterocycles. The smallest absolute Gasteiger partial charge is 0.0904 e. The van der Waals surface area contributed by atoms with Gasteiger partial charge in [0.05, 0.1) is 22.8 Å². The Balaban J connectivity index is 1.51. The molecule has 2 aromatic heterocycles. The van der Waals surface area contributed by atoms with Crippen LogP contribution in [0.2, 0.25) is 0 Å². The first-order chi connectivity index (χ1) is 17.3. The molecule has 4 aromatic carbocycles. The van der Waals surface area contributed by atoms with Crippen LogP contribution in [0.4, 0.5) is 0 Å². The van der Waals surface area contributed by atoms with Gasteiger partial charge in [-0.05, 0) is 52.3 Å². The maximum Gasteiger partial charge on any atom is 0.0904 e. The van der Waals surface area contributed by atoms with E-state index in [1.807, 2.05) is 12.3 Å². The van der Waals surface area contributed by atoms with Crippen LogP contribution in [0.25, 0.3) is 48.9 Å². The highest BCUT2D eigenvalue weighted by molar-refractivity contribution is 6.20. The highest BCUT2D eigenvalue weighted by atomic mass is 15.1. The Bertz CT molecular complexity index is 1810. The zero-order chi connectivity index (χ0) is 23.4. The van der Waals surface area contributed by atoms with Crippen molar-refractivity contribution in [2.45, 2.75) is 6.04 Å². The van der Waals surface area contributed by atoms with Gasteiger partial charge in [-0.3, -0.25) is 4.98 Å². The van der Waals surface area contributed by atoms with Crippen LogP contribution in [0.1, 0.15) is 17.3 Å². The predicted octanol–water partition coefficient (Wildman–Crippen LogP) is 7.67. The molecule has 0 saturated carbocycles. The van der Waals surface area contributed by atoms with Crippen molar-refractivity contribution in [3.63, 3.8) is 0 Å². The zero-order valence-electron chi connectivity index (χ0n) is 19.4. The fourth-order valence-corrected chi connectivity index (χ4v) is 5.41. The number of likely N-dealkylation sites (N-methyl/N-ethyl adjacent to an activating group) is 1. The monoisotopic (exact) mass is 449 g/mol. The summed E-state index contributed by atoms with van der Waals surface area (Å²) in [5.74, 6) is 0. The van der Waals surface area contributed by atoms with Gasteiger partial charge in [0.1, 0.15) is 0 Å². The summed E-state index contributed by atoms with van der Waals surface area (Å²) < 4.78 is 0. The number of allylic oxidation sites excluding steroid dienone is 2. The first kappa shape index (κ1) is 19.9. The van der Waals surface area contributed by atoms with Crippen molar-refractivity contribution in [2.24, 2.45) is 0 Å². The van der Waals surface area contributed by atoms with Crippen LogP contribution in [0.15, 0.2) is 116 Å². The number of nitrogens with zero attached hydrogens (tertiary/aromatic N) is 3. The van der Waals surface area contributed by atoms with Crippen LogP contribution < -0.4 is 0 Å². The fraction of sp³-hybridized carbons (Fsp3) is 0.0625. The third kappa shape index (κ3) is 3.12. The minimum Gasteiger partial charge on any atom is -0.368 e. The summed E-state index contributed by atoms with van der Waals surface area (Å²) >= 11 is 0. The third-order valence-electron chi connectivity index (χ3n) is 7.12. The second-order valence-electron chi connectivity index (χ2n) is 9.15. The standard InChI is InChI=1S/C32H23N3/c1-35-19-17-22(23-16-18-33-28-12-6-4-10-25(23)28)20-30(35)32-27-15-14-21-8-2-3-9-24(21)31(27)26-11-5-7-13-29(26)34-32/h2-20,30H,1H3. The van der Waals surface area contributed by atoms with Gasteiger partial charge in [0, 0.05) is 41.0 Å². The Morgan fingerprint density at radius 2 is 1.43 bits per heavy atom. The molecule has 0 bridgehead atoms. The summed E-state index contributed by atoms with van der Waals surface area (Å²) in [7, 11) is 2.13. The van der Waals surface area contributed by atoms with E-state index in [0.717, 1.165) is 22.1 Å². The van der Waals surface area contributed by atoms with Crippen molar-refractivity contribution in [3.8, 4) is 0 Å². The minimum absolute atomic E-state index is 0.00944. The quantitative estimate of drug-likeness (QED) is 0.254. The lowest BCUT2D eigenvalue weighted by molar-refractivity contribution is 0.387. The molecule has 1 aliphatic rings. The Morgan fingerprint density at radius 1 is 0.686 bits per heavy atom. The van der Waals surface area contributed by atoms with E-state index in [1.54, 1.807) is 0 Å². The molecule has 1 atom stereocenters. The molecule has 0 radical (unpaired) electrons. The normalized spacial score (nSPS) is 15.9. The molecule has 3 heteroatoms. The Kier molecular flexibility index (Phi) is 4.43. The Morgan fingerprint density at radius 3 is 2.31 bits per heavy atom. The van der Waals surface area contributed by atoms with Crippen molar-refractivity contribution < 1.29 is 0 Å². The van der Waals surface area contributed by atoms with Gasteiger partial charge in [0.25, 0.3) is 0 Å². The Hall–Kier alpha value is -4.50. The zero-order valence-corrected chi connectivity index (χ0v) is 19.4. The molecule has 6 aromatic rings. The van der Waals surface area contributed by atoms with E-state index in [9.17, 15) is 0 Å². The minimum atomic E-state index is 0.00944. The van der Waals surface area contributed by atoms with E-state index in [2.05, 4.69) is 120 Å². The summed E-state index contributed by atoms with van der Waals surface area (Å²) in [5.41, 5.74) is 5.50. The van der Waals surface area contributed by atoms with Crippen LogP contribution in [0.3, 0.4) is 0 Å². The lowest BCUT2D eigenvalue weighted by atomic mass is 9.92. The second kappa shape index (κ2) is 7.78. The molecule has 1 unspecified atom stereocenters. The average Bonchev–Trinajstić information content (AvgIpc) is 2.92. The van der Waals surface area contributed by atoms with E-state index in [4.69, 9.17) is 4.98 Å². The predicted molar refractivity (Wildman–Crippen MR) is 146 cm³/mol. The van der Waals surface area contributed by atoms with Gasteiger partial charge in [-0.2, -0.15) is 0 Å². The summed E-state index contributed by atoms with van der Waals surface area (Å²) in [6, 6.07) is 32.0. The number of hydrogen-bond donors (Lipinski definition) is 0. The van der Waals surface area contributed by atoms with E-state index in [-0.39, 0.29) is 6.04 Å². The van der Waals surface area contributed by atoms with E-state index < -0.39 is 0 Å². The van der Waals surface area contributed by atoms with Gasteiger partial charge < -0.3 is 4.90 Å². The summed E-state index contributed by atoms with van der Waals surface area (Å²) in [5, 5.41) is 7.35.